The molecule has 0 bridgehead atoms. The summed E-state index contributed by atoms with van der Waals surface area (Å²) in [6.45, 7) is 1.37. The third-order valence-electron chi connectivity index (χ3n) is 6.86. The number of nitrogens with one attached hydrogen (secondary N) is 1. The lowest BCUT2D eigenvalue weighted by Gasteiger charge is -2.33. The number of rotatable bonds is 13. The van der Waals surface area contributed by atoms with Gasteiger partial charge in [0.25, 0.3) is 10.0 Å². The van der Waals surface area contributed by atoms with Gasteiger partial charge < -0.3 is 19.7 Å². The minimum Gasteiger partial charge on any atom is -0.497 e. The Morgan fingerprint density at radius 1 is 0.791 bits per heavy atom. The average molecular weight is 602 g/mol. The predicted octanol–water partition coefficient (Wildman–Crippen LogP) is 5.24. The predicted molar refractivity (Wildman–Crippen MR) is 166 cm³/mol. The third kappa shape index (κ3) is 7.72. The zero-order valence-corrected chi connectivity index (χ0v) is 25.2. The van der Waals surface area contributed by atoms with Gasteiger partial charge in [-0.15, -0.1) is 0 Å². The third-order valence-corrected chi connectivity index (χ3v) is 8.65. The van der Waals surface area contributed by atoms with Gasteiger partial charge in [-0.2, -0.15) is 0 Å². The highest BCUT2D eigenvalue weighted by Gasteiger charge is 2.33. The molecule has 0 saturated carbocycles. The molecule has 0 aliphatic heterocycles. The average Bonchev–Trinajstić information content (AvgIpc) is 3.04. The van der Waals surface area contributed by atoms with Crippen LogP contribution >= 0.6 is 0 Å². The summed E-state index contributed by atoms with van der Waals surface area (Å²) in [7, 11) is -1.10. The fraction of sp³-hybridized carbons (Fsp3) is 0.212. The van der Waals surface area contributed by atoms with Crippen LogP contribution in [0.4, 0.5) is 5.69 Å². The number of likely N-dealkylation sites (N-methyl/N-ethyl adjacent to an activating group) is 1. The van der Waals surface area contributed by atoms with E-state index in [0.29, 0.717) is 23.7 Å². The number of hydrogen-bond acceptors (Lipinski definition) is 6. The lowest BCUT2D eigenvalue weighted by Crippen LogP contribution is -2.51. The highest BCUT2D eigenvalue weighted by molar-refractivity contribution is 7.92. The van der Waals surface area contributed by atoms with Crippen LogP contribution in [-0.2, 0) is 26.2 Å². The zero-order chi connectivity index (χ0) is 30.8. The van der Waals surface area contributed by atoms with Crippen molar-refractivity contribution in [1.82, 2.24) is 10.2 Å². The molecular formula is C33H35N3O6S. The quantitative estimate of drug-likeness (QED) is 0.225. The highest BCUT2D eigenvalue weighted by atomic mass is 32.2. The maximum absolute atomic E-state index is 14.1. The molecule has 0 aliphatic carbocycles. The second-order valence-electron chi connectivity index (χ2n) is 9.64. The number of carbonyl (C=O) groups excluding carboxylic acids is 2. The summed E-state index contributed by atoms with van der Waals surface area (Å²) in [5.41, 5.74) is 1.03. The fourth-order valence-corrected chi connectivity index (χ4v) is 6.00. The molecule has 0 radical (unpaired) electrons. The Balaban J connectivity index is 1.70. The minimum absolute atomic E-state index is 0.0347. The SMILES string of the molecule is CC[C@H](C(=O)NC)N(Cc1ccc(OC)cc1)C(=O)CN(c1ccc(Oc2ccccc2)cc1)S(=O)(=O)c1ccccc1. The van der Waals surface area contributed by atoms with Gasteiger partial charge >= 0.3 is 0 Å². The van der Waals surface area contributed by atoms with Crippen LogP contribution in [0.3, 0.4) is 0 Å². The van der Waals surface area contributed by atoms with Gasteiger partial charge in [0, 0.05) is 13.6 Å². The highest BCUT2D eigenvalue weighted by Crippen LogP contribution is 2.29. The molecule has 4 aromatic carbocycles. The fourth-order valence-electron chi connectivity index (χ4n) is 4.57. The summed E-state index contributed by atoms with van der Waals surface area (Å²) in [5.74, 6) is 0.915. The van der Waals surface area contributed by atoms with E-state index in [1.54, 1.807) is 80.8 Å². The molecule has 0 aromatic heterocycles. The molecule has 0 heterocycles. The van der Waals surface area contributed by atoms with Crippen LogP contribution in [-0.4, -0.2) is 51.9 Å². The Kier molecular flexibility index (Phi) is 10.4. The summed E-state index contributed by atoms with van der Waals surface area (Å²) in [4.78, 5) is 28.4. The van der Waals surface area contributed by atoms with Gasteiger partial charge in [0.15, 0.2) is 0 Å². The van der Waals surface area contributed by atoms with Gasteiger partial charge in [-0.1, -0.05) is 55.5 Å². The first-order valence-corrected chi connectivity index (χ1v) is 15.3. The second kappa shape index (κ2) is 14.4. The Morgan fingerprint density at radius 3 is 1.91 bits per heavy atom. The van der Waals surface area contributed by atoms with E-state index in [0.717, 1.165) is 9.87 Å². The molecule has 0 spiro atoms. The molecule has 1 N–H and O–H groups in total. The van der Waals surface area contributed by atoms with Gasteiger partial charge in [0.1, 0.15) is 29.8 Å². The Hall–Kier alpha value is -4.83. The van der Waals surface area contributed by atoms with Crippen LogP contribution < -0.4 is 19.1 Å². The number of methoxy groups -OCH3 is 1. The van der Waals surface area contributed by atoms with Crippen LogP contribution in [0.2, 0.25) is 0 Å². The Morgan fingerprint density at radius 2 is 1.35 bits per heavy atom. The topological polar surface area (TPSA) is 105 Å². The molecule has 2 amide bonds. The van der Waals surface area contributed by atoms with Crippen molar-refractivity contribution < 1.29 is 27.5 Å². The monoisotopic (exact) mass is 601 g/mol. The standard InChI is InChI=1S/C33H35N3O6S/c1-4-31(33(38)34-2)35(23-25-15-19-27(41-3)20-16-25)32(37)24-36(43(39,40)30-13-9-6-10-14-30)26-17-21-29(22-18-26)42-28-11-7-5-8-12-28/h5-22,31H,4,23-24H2,1-3H3,(H,34,38)/t31-/m1/s1. The number of ether oxygens (including phenoxy) is 2. The maximum Gasteiger partial charge on any atom is 0.264 e. The van der Waals surface area contributed by atoms with Crippen molar-refractivity contribution in [2.24, 2.45) is 0 Å². The summed E-state index contributed by atoms with van der Waals surface area (Å²) < 4.78 is 40.1. The van der Waals surface area contributed by atoms with E-state index in [9.17, 15) is 18.0 Å². The molecular weight excluding hydrogens is 566 g/mol. The first kappa shape index (κ1) is 31.1. The number of anilines is 1. The van der Waals surface area contributed by atoms with Crippen LogP contribution in [0.25, 0.3) is 0 Å². The van der Waals surface area contributed by atoms with Gasteiger partial charge in [-0.3, -0.25) is 13.9 Å². The second-order valence-corrected chi connectivity index (χ2v) is 11.5. The van der Waals surface area contributed by atoms with Crippen LogP contribution in [0.15, 0.2) is 114 Å². The number of benzene rings is 4. The van der Waals surface area contributed by atoms with E-state index in [2.05, 4.69) is 5.32 Å². The number of carbonyl (C=O) groups is 2. The lowest BCUT2D eigenvalue weighted by atomic mass is 10.1. The molecule has 0 unspecified atom stereocenters. The molecule has 9 nitrogen and oxygen atoms in total. The number of para-hydroxylation sites is 1. The first-order chi connectivity index (χ1) is 20.8. The van der Waals surface area contributed by atoms with E-state index in [-0.39, 0.29) is 23.0 Å². The smallest absolute Gasteiger partial charge is 0.264 e. The van der Waals surface area contributed by atoms with Gasteiger partial charge in [0.05, 0.1) is 17.7 Å². The molecule has 4 rings (SSSR count). The van der Waals surface area contributed by atoms with Crippen molar-refractivity contribution in [1.29, 1.82) is 0 Å². The normalized spacial score (nSPS) is 11.7. The van der Waals surface area contributed by atoms with Gasteiger partial charge in [-0.05, 0) is 72.6 Å². The summed E-state index contributed by atoms with van der Waals surface area (Å²) >= 11 is 0. The number of amides is 2. The molecule has 43 heavy (non-hydrogen) atoms. The largest absolute Gasteiger partial charge is 0.497 e. The molecule has 0 fully saturated rings. The minimum atomic E-state index is -4.17. The van der Waals surface area contributed by atoms with E-state index >= 15 is 0 Å². The van der Waals surface area contributed by atoms with Crippen molar-refractivity contribution in [3.05, 3.63) is 115 Å². The van der Waals surface area contributed by atoms with Gasteiger partial charge in [-0.25, -0.2) is 8.42 Å². The van der Waals surface area contributed by atoms with Crippen molar-refractivity contribution in [3.8, 4) is 17.2 Å². The molecule has 1 atom stereocenters. The van der Waals surface area contributed by atoms with Crippen LogP contribution in [0, 0.1) is 0 Å². The van der Waals surface area contributed by atoms with Crippen LogP contribution in [0.5, 0.6) is 17.2 Å². The van der Waals surface area contributed by atoms with Gasteiger partial charge in [0.2, 0.25) is 11.8 Å². The molecule has 0 saturated heterocycles. The van der Waals surface area contributed by atoms with E-state index in [1.165, 1.54) is 24.1 Å². The van der Waals surface area contributed by atoms with Crippen molar-refractivity contribution in [2.45, 2.75) is 30.8 Å². The van der Waals surface area contributed by atoms with Crippen molar-refractivity contribution >= 4 is 27.5 Å². The maximum atomic E-state index is 14.1. The summed E-state index contributed by atoms with van der Waals surface area (Å²) in [5, 5.41) is 2.62. The Bertz CT molecular complexity index is 1600. The number of nitrogens with zero attached hydrogens (tertiary/aromatic N) is 2. The molecule has 224 valence electrons. The van der Waals surface area contributed by atoms with Crippen LogP contribution in [0.1, 0.15) is 18.9 Å². The molecule has 4 aromatic rings. The number of sulfonamides is 1. The molecule has 0 aliphatic rings. The van der Waals surface area contributed by atoms with E-state index in [1.807, 2.05) is 30.3 Å². The van der Waals surface area contributed by atoms with Crippen molar-refractivity contribution in [3.63, 3.8) is 0 Å². The van der Waals surface area contributed by atoms with Crippen molar-refractivity contribution in [2.75, 3.05) is 25.0 Å². The molecule has 10 heteroatoms. The first-order valence-electron chi connectivity index (χ1n) is 13.8. The summed E-state index contributed by atoms with van der Waals surface area (Å²) in [6, 6.07) is 29.9. The van der Waals surface area contributed by atoms with E-state index < -0.39 is 28.5 Å². The zero-order valence-electron chi connectivity index (χ0n) is 24.3. The number of hydrogen-bond donors (Lipinski definition) is 1. The van der Waals surface area contributed by atoms with E-state index in [4.69, 9.17) is 9.47 Å². The lowest BCUT2D eigenvalue weighted by molar-refractivity contribution is -0.140. The Labute approximate surface area is 252 Å². The summed E-state index contributed by atoms with van der Waals surface area (Å²) in [6.07, 6.45) is 0.332.